The number of amides is 1. The molecule has 2 aliphatic rings. The van der Waals surface area contributed by atoms with Crippen LogP contribution in [0.3, 0.4) is 0 Å². The molecule has 1 saturated carbocycles. The lowest BCUT2D eigenvalue weighted by molar-refractivity contribution is 0.0746. The quantitative estimate of drug-likeness (QED) is 0.658. The van der Waals surface area contributed by atoms with Crippen LogP contribution in [0.2, 0.25) is 5.02 Å². The Labute approximate surface area is 174 Å². The lowest BCUT2D eigenvalue weighted by Gasteiger charge is -2.36. The zero-order valence-electron chi connectivity index (χ0n) is 16.1. The van der Waals surface area contributed by atoms with E-state index in [-0.39, 0.29) is 5.91 Å². The number of piperazine rings is 1. The average molecular weight is 408 g/mol. The number of halogens is 1. The molecule has 1 amide bonds. The standard InChI is InChI=1S/C22H22ClN5O/c23-17-6-7-19-18(13-17)21(26-20(25-19)15-3-1-4-15)27-9-11-28(12-10-27)22(29)16-5-2-8-24-14-16/h2,5-8,13-15H,1,3-4,9-12H2. The van der Waals surface area contributed by atoms with Crippen LogP contribution in [0.4, 0.5) is 5.82 Å². The summed E-state index contributed by atoms with van der Waals surface area (Å²) in [5.74, 6) is 2.37. The van der Waals surface area contributed by atoms with Crippen LogP contribution in [-0.2, 0) is 0 Å². The molecule has 0 radical (unpaired) electrons. The molecule has 7 heteroatoms. The van der Waals surface area contributed by atoms with Gasteiger partial charge in [0.15, 0.2) is 0 Å². The Morgan fingerprint density at radius 1 is 1.07 bits per heavy atom. The molecule has 1 aliphatic heterocycles. The molecule has 0 spiro atoms. The second-order valence-corrected chi connectivity index (χ2v) is 8.15. The smallest absolute Gasteiger partial charge is 0.255 e. The number of nitrogens with zero attached hydrogens (tertiary/aromatic N) is 5. The van der Waals surface area contributed by atoms with Crippen LogP contribution in [0.5, 0.6) is 0 Å². The fourth-order valence-electron chi connectivity index (χ4n) is 3.99. The van der Waals surface area contributed by atoms with Gasteiger partial charge in [-0.1, -0.05) is 18.0 Å². The molecule has 5 rings (SSSR count). The molecule has 2 fully saturated rings. The highest BCUT2D eigenvalue weighted by molar-refractivity contribution is 6.31. The van der Waals surface area contributed by atoms with Gasteiger partial charge in [0.1, 0.15) is 11.6 Å². The SMILES string of the molecule is O=C(c1cccnc1)N1CCN(c2nc(C3CCC3)nc3ccc(Cl)cc23)CC1. The van der Waals surface area contributed by atoms with Crippen molar-refractivity contribution in [2.75, 3.05) is 31.1 Å². The number of benzene rings is 1. The van der Waals surface area contributed by atoms with Gasteiger partial charge in [-0.25, -0.2) is 9.97 Å². The Hall–Kier alpha value is -2.73. The minimum atomic E-state index is 0.0310. The van der Waals surface area contributed by atoms with Crippen molar-refractivity contribution < 1.29 is 4.79 Å². The zero-order valence-corrected chi connectivity index (χ0v) is 16.8. The van der Waals surface area contributed by atoms with Crippen LogP contribution in [0.1, 0.15) is 41.4 Å². The van der Waals surface area contributed by atoms with E-state index in [0.29, 0.717) is 29.6 Å². The van der Waals surface area contributed by atoms with Gasteiger partial charge in [-0.2, -0.15) is 0 Å². The fourth-order valence-corrected chi connectivity index (χ4v) is 4.16. The minimum Gasteiger partial charge on any atom is -0.352 e. The number of aromatic nitrogens is 3. The van der Waals surface area contributed by atoms with E-state index >= 15 is 0 Å². The molecule has 3 heterocycles. The van der Waals surface area contributed by atoms with Crippen molar-refractivity contribution in [2.24, 2.45) is 0 Å². The van der Waals surface area contributed by atoms with Gasteiger partial charge in [-0.15, -0.1) is 0 Å². The molecule has 1 aromatic carbocycles. The Morgan fingerprint density at radius 3 is 2.59 bits per heavy atom. The van der Waals surface area contributed by atoms with Gasteiger partial charge in [0.25, 0.3) is 5.91 Å². The van der Waals surface area contributed by atoms with Crippen LogP contribution < -0.4 is 4.90 Å². The molecule has 0 N–H and O–H groups in total. The Bertz CT molecular complexity index is 1050. The molecule has 148 valence electrons. The summed E-state index contributed by atoms with van der Waals surface area (Å²) in [6, 6.07) is 9.42. The molecular weight excluding hydrogens is 386 g/mol. The zero-order chi connectivity index (χ0) is 19.8. The van der Waals surface area contributed by atoms with Crippen LogP contribution >= 0.6 is 11.6 Å². The lowest BCUT2D eigenvalue weighted by atomic mass is 9.85. The molecule has 29 heavy (non-hydrogen) atoms. The largest absolute Gasteiger partial charge is 0.352 e. The van der Waals surface area contributed by atoms with E-state index in [1.54, 1.807) is 18.5 Å². The van der Waals surface area contributed by atoms with E-state index in [9.17, 15) is 4.79 Å². The molecule has 0 unspecified atom stereocenters. The van der Waals surface area contributed by atoms with Crippen molar-refractivity contribution >= 4 is 34.2 Å². The summed E-state index contributed by atoms with van der Waals surface area (Å²) < 4.78 is 0. The summed E-state index contributed by atoms with van der Waals surface area (Å²) in [6.07, 6.45) is 6.87. The number of fused-ring (bicyclic) bond motifs is 1. The number of carbonyl (C=O) groups excluding carboxylic acids is 1. The Kier molecular flexibility index (Phi) is 4.79. The van der Waals surface area contributed by atoms with Crippen LogP contribution in [-0.4, -0.2) is 51.9 Å². The van der Waals surface area contributed by atoms with E-state index in [1.807, 2.05) is 29.2 Å². The minimum absolute atomic E-state index is 0.0310. The summed E-state index contributed by atoms with van der Waals surface area (Å²) in [4.78, 5) is 30.7. The van der Waals surface area contributed by atoms with Crippen LogP contribution in [0.15, 0.2) is 42.7 Å². The van der Waals surface area contributed by atoms with Gasteiger partial charge in [-0.3, -0.25) is 9.78 Å². The van der Waals surface area contributed by atoms with E-state index in [2.05, 4.69) is 9.88 Å². The van der Waals surface area contributed by atoms with E-state index in [1.165, 1.54) is 6.42 Å². The summed E-state index contributed by atoms with van der Waals surface area (Å²) in [7, 11) is 0. The van der Waals surface area contributed by atoms with E-state index in [0.717, 1.165) is 48.5 Å². The number of hydrogen-bond donors (Lipinski definition) is 0. The van der Waals surface area contributed by atoms with Crippen molar-refractivity contribution in [3.63, 3.8) is 0 Å². The first-order chi connectivity index (χ1) is 14.2. The Morgan fingerprint density at radius 2 is 1.90 bits per heavy atom. The highest BCUT2D eigenvalue weighted by Crippen LogP contribution is 2.37. The van der Waals surface area contributed by atoms with Crippen LogP contribution in [0, 0.1) is 0 Å². The molecule has 0 bridgehead atoms. The summed E-state index contributed by atoms with van der Waals surface area (Å²) in [5.41, 5.74) is 1.57. The predicted molar refractivity (Wildman–Crippen MR) is 113 cm³/mol. The van der Waals surface area contributed by atoms with Gasteiger partial charge >= 0.3 is 0 Å². The maximum absolute atomic E-state index is 12.7. The topological polar surface area (TPSA) is 62.2 Å². The third kappa shape index (κ3) is 3.53. The number of hydrogen-bond acceptors (Lipinski definition) is 5. The maximum atomic E-state index is 12.7. The third-order valence-electron chi connectivity index (χ3n) is 5.90. The van der Waals surface area contributed by atoms with E-state index < -0.39 is 0 Å². The first-order valence-electron chi connectivity index (χ1n) is 10.1. The fraction of sp³-hybridized carbons (Fsp3) is 0.364. The van der Waals surface area contributed by atoms with Crippen LogP contribution in [0.25, 0.3) is 10.9 Å². The predicted octanol–water partition coefficient (Wildman–Crippen LogP) is 3.91. The normalized spacial score (nSPS) is 17.4. The number of pyridine rings is 1. The molecule has 1 aliphatic carbocycles. The maximum Gasteiger partial charge on any atom is 0.255 e. The number of carbonyl (C=O) groups is 1. The van der Waals surface area contributed by atoms with Gasteiger partial charge in [0.2, 0.25) is 0 Å². The van der Waals surface area contributed by atoms with Crippen molar-refractivity contribution in [3.05, 3.63) is 59.1 Å². The highest BCUT2D eigenvalue weighted by atomic mass is 35.5. The van der Waals surface area contributed by atoms with Crippen molar-refractivity contribution in [1.29, 1.82) is 0 Å². The third-order valence-corrected chi connectivity index (χ3v) is 6.14. The van der Waals surface area contributed by atoms with Gasteiger partial charge in [0, 0.05) is 54.9 Å². The first-order valence-corrected chi connectivity index (χ1v) is 10.5. The lowest BCUT2D eigenvalue weighted by Crippen LogP contribution is -2.49. The Balaban J connectivity index is 1.41. The van der Waals surface area contributed by atoms with Crippen molar-refractivity contribution in [2.45, 2.75) is 25.2 Å². The molecule has 6 nitrogen and oxygen atoms in total. The molecule has 0 atom stereocenters. The summed E-state index contributed by atoms with van der Waals surface area (Å²) >= 11 is 6.27. The van der Waals surface area contributed by atoms with Crippen molar-refractivity contribution in [3.8, 4) is 0 Å². The van der Waals surface area contributed by atoms with E-state index in [4.69, 9.17) is 21.6 Å². The van der Waals surface area contributed by atoms with Gasteiger partial charge in [0.05, 0.1) is 11.1 Å². The monoisotopic (exact) mass is 407 g/mol. The number of rotatable bonds is 3. The average Bonchev–Trinajstić information content (AvgIpc) is 2.72. The molecular formula is C22H22ClN5O. The van der Waals surface area contributed by atoms with Crippen molar-refractivity contribution in [1.82, 2.24) is 19.9 Å². The number of anilines is 1. The van der Waals surface area contributed by atoms with Gasteiger partial charge < -0.3 is 9.80 Å². The second kappa shape index (κ2) is 7.59. The summed E-state index contributed by atoms with van der Waals surface area (Å²) in [5, 5.41) is 1.66. The van der Waals surface area contributed by atoms with Gasteiger partial charge in [-0.05, 0) is 43.2 Å². The second-order valence-electron chi connectivity index (χ2n) is 7.72. The molecule has 2 aromatic heterocycles. The molecule has 3 aromatic rings. The highest BCUT2D eigenvalue weighted by Gasteiger charge is 2.27. The summed E-state index contributed by atoms with van der Waals surface area (Å²) in [6.45, 7) is 2.76. The first kappa shape index (κ1) is 18.3. The molecule has 1 saturated heterocycles.